The highest BCUT2D eigenvalue weighted by Gasteiger charge is 2.20. The second-order valence-electron chi connectivity index (χ2n) is 3.71. The Labute approximate surface area is 79.4 Å². The van der Waals surface area contributed by atoms with Crippen LogP contribution >= 0.6 is 0 Å². The number of likely N-dealkylation sites (N-methyl/N-ethyl adjacent to an activating group) is 1. The average Bonchev–Trinajstić information content (AvgIpc) is 2.49. The second-order valence-corrected chi connectivity index (χ2v) is 3.71. The minimum absolute atomic E-state index is 0.570. The maximum absolute atomic E-state index is 3.54. The standard InChI is InChI=1S/C11H16N2/c1-8-4-3-5-9-6-10(7-12-2)13-11(8)9/h3-5,10,12-13H,6-7H2,1-2H3. The van der Waals surface area contributed by atoms with Gasteiger partial charge in [-0.2, -0.15) is 0 Å². The van der Waals surface area contributed by atoms with Gasteiger partial charge in [-0.3, -0.25) is 0 Å². The highest BCUT2D eigenvalue weighted by molar-refractivity contribution is 5.61. The first-order valence-corrected chi connectivity index (χ1v) is 4.81. The van der Waals surface area contributed by atoms with E-state index in [0.717, 1.165) is 13.0 Å². The van der Waals surface area contributed by atoms with Crippen LogP contribution < -0.4 is 10.6 Å². The van der Waals surface area contributed by atoms with Gasteiger partial charge < -0.3 is 10.6 Å². The van der Waals surface area contributed by atoms with Gasteiger partial charge in [0.05, 0.1) is 0 Å². The summed E-state index contributed by atoms with van der Waals surface area (Å²) >= 11 is 0. The first-order chi connectivity index (χ1) is 6.31. The van der Waals surface area contributed by atoms with E-state index in [1.165, 1.54) is 16.8 Å². The average molecular weight is 176 g/mol. The zero-order valence-electron chi connectivity index (χ0n) is 8.22. The molecule has 2 N–H and O–H groups in total. The molecule has 1 aliphatic rings. The zero-order valence-corrected chi connectivity index (χ0v) is 8.22. The number of hydrogen-bond donors (Lipinski definition) is 2. The molecule has 2 heteroatoms. The minimum Gasteiger partial charge on any atom is -0.380 e. The molecule has 1 aromatic carbocycles. The van der Waals surface area contributed by atoms with Gasteiger partial charge in [-0.25, -0.2) is 0 Å². The lowest BCUT2D eigenvalue weighted by molar-refractivity contribution is 0.673. The molecule has 2 rings (SSSR count). The highest BCUT2D eigenvalue weighted by atomic mass is 15.0. The van der Waals surface area contributed by atoms with E-state index in [2.05, 4.69) is 35.8 Å². The molecule has 1 unspecified atom stereocenters. The number of rotatable bonds is 2. The van der Waals surface area contributed by atoms with E-state index < -0.39 is 0 Å². The number of fused-ring (bicyclic) bond motifs is 1. The maximum atomic E-state index is 3.54. The normalized spacial score (nSPS) is 19.7. The third kappa shape index (κ3) is 1.54. The first-order valence-electron chi connectivity index (χ1n) is 4.81. The van der Waals surface area contributed by atoms with Crippen molar-refractivity contribution in [3.8, 4) is 0 Å². The number of benzene rings is 1. The molecule has 0 saturated carbocycles. The van der Waals surface area contributed by atoms with Gasteiger partial charge in [0.2, 0.25) is 0 Å². The molecule has 1 aromatic rings. The van der Waals surface area contributed by atoms with Crippen LogP contribution in [0.5, 0.6) is 0 Å². The number of nitrogens with one attached hydrogen (secondary N) is 2. The van der Waals surface area contributed by atoms with Crippen molar-refractivity contribution in [3.63, 3.8) is 0 Å². The lowest BCUT2D eigenvalue weighted by Gasteiger charge is -2.10. The molecule has 0 spiro atoms. The quantitative estimate of drug-likeness (QED) is 0.714. The molecule has 0 aromatic heterocycles. The van der Waals surface area contributed by atoms with Crippen LogP contribution in [0.1, 0.15) is 11.1 Å². The monoisotopic (exact) mass is 176 g/mol. The van der Waals surface area contributed by atoms with Crippen molar-refractivity contribution in [2.45, 2.75) is 19.4 Å². The van der Waals surface area contributed by atoms with E-state index in [1.807, 2.05) is 7.05 Å². The molecule has 0 fully saturated rings. The van der Waals surface area contributed by atoms with Crippen LogP contribution in [0.15, 0.2) is 18.2 Å². The molecule has 0 amide bonds. The van der Waals surface area contributed by atoms with Crippen molar-refractivity contribution in [3.05, 3.63) is 29.3 Å². The van der Waals surface area contributed by atoms with Crippen LogP contribution in [-0.4, -0.2) is 19.6 Å². The predicted molar refractivity (Wildman–Crippen MR) is 56.2 cm³/mol. The van der Waals surface area contributed by atoms with Gasteiger partial charge in [0.15, 0.2) is 0 Å². The number of hydrogen-bond acceptors (Lipinski definition) is 2. The van der Waals surface area contributed by atoms with Gasteiger partial charge in [0.1, 0.15) is 0 Å². The molecular formula is C11H16N2. The summed E-state index contributed by atoms with van der Waals surface area (Å²) < 4.78 is 0. The van der Waals surface area contributed by atoms with Crippen LogP contribution in [0.25, 0.3) is 0 Å². The lowest BCUT2D eigenvalue weighted by atomic mass is 10.1. The van der Waals surface area contributed by atoms with E-state index >= 15 is 0 Å². The van der Waals surface area contributed by atoms with Crippen molar-refractivity contribution in [1.82, 2.24) is 5.32 Å². The smallest absolute Gasteiger partial charge is 0.0427 e. The Hall–Kier alpha value is -1.02. The molecule has 1 aliphatic heterocycles. The van der Waals surface area contributed by atoms with Gasteiger partial charge in [-0.1, -0.05) is 18.2 Å². The third-order valence-electron chi connectivity index (χ3n) is 2.62. The number of anilines is 1. The van der Waals surface area contributed by atoms with Crippen LogP contribution in [0.3, 0.4) is 0 Å². The molecule has 0 bridgehead atoms. The van der Waals surface area contributed by atoms with Crippen molar-refractivity contribution in [2.75, 3.05) is 18.9 Å². The maximum Gasteiger partial charge on any atom is 0.0427 e. The summed E-state index contributed by atoms with van der Waals surface area (Å²) in [6, 6.07) is 7.08. The van der Waals surface area contributed by atoms with E-state index in [-0.39, 0.29) is 0 Å². The molecular weight excluding hydrogens is 160 g/mol. The van der Waals surface area contributed by atoms with Crippen molar-refractivity contribution < 1.29 is 0 Å². The van der Waals surface area contributed by atoms with Crippen LogP contribution in [0, 0.1) is 6.92 Å². The number of aryl methyl sites for hydroxylation is 1. The topological polar surface area (TPSA) is 24.1 Å². The Morgan fingerprint density at radius 2 is 2.38 bits per heavy atom. The Morgan fingerprint density at radius 1 is 1.54 bits per heavy atom. The molecule has 70 valence electrons. The second kappa shape index (κ2) is 3.38. The summed E-state index contributed by atoms with van der Waals surface area (Å²) in [5, 5.41) is 6.74. The Kier molecular flexibility index (Phi) is 2.23. The Bertz CT molecular complexity index is 307. The summed E-state index contributed by atoms with van der Waals surface area (Å²) in [6.07, 6.45) is 1.15. The molecule has 0 radical (unpaired) electrons. The molecule has 0 aliphatic carbocycles. The zero-order chi connectivity index (χ0) is 9.26. The molecule has 0 saturated heterocycles. The van der Waals surface area contributed by atoms with Gasteiger partial charge in [-0.15, -0.1) is 0 Å². The summed E-state index contributed by atoms with van der Waals surface area (Å²) in [6.45, 7) is 3.20. The van der Waals surface area contributed by atoms with Crippen molar-refractivity contribution in [1.29, 1.82) is 0 Å². The molecule has 1 atom stereocenters. The van der Waals surface area contributed by atoms with Crippen molar-refractivity contribution in [2.24, 2.45) is 0 Å². The predicted octanol–water partition coefficient (Wildman–Crippen LogP) is 1.55. The largest absolute Gasteiger partial charge is 0.380 e. The summed E-state index contributed by atoms with van der Waals surface area (Å²) in [4.78, 5) is 0. The van der Waals surface area contributed by atoms with Gasteiger partial charge >= 0.3 is 0 Å². The molecule has 1 heterocycles. The van der Waals surface area contributed by atoms with Crippen LogP contribution in [0.2, 0.25) is 0 Å². The van der Waals surface area contributed by atoms with E-state index in [9.17, 15) is 0 Å². The van der Waals surface area contributed by atoms with Gasteiger partial charge in [-0.05, 0) is 31.5 Å². The fraction of sp³-hybridized carbons (Fsp3) is 0.455. The SMILES string of the molecule is CNCC1Cc2cccc(C)c2N1. The van der Waals surface area contributed by atoms with Gasteiger partial charge in [0.25, 0.3) is 0 Å². The van der Waals surface area contributed by atoms with Gasteiger partial charge in [0, 0.05) is 18.3 Å². The van der Waals surface area contributed by atoms with E-state index in [0.29, 0.717) is 6.04 Å². The highest BCUT2D eigenvalue weighted by Crippen LogP contribution is 2.28. The summed E-state index contributed by atoms with van der Waals surface area (Å²) in [5.41, 5.74) is 4.17. The third-order valence-corrected chi connectivity index (χ3v) is 2.62. The fourth-order valence-electron chi connectivity index (χ4n) is 2.00. The lowest BCUT2D eigenvalue weighted by Crippen LogP contribution is -2.28. The minimum atomic E-state index is 0.570. The van der Waals surface area contributed by atoms with E-state index in [4.69, 9.17) is 0 Å². The molecule has 2 nitrogen and oxygen atoms in total. The van der Waals surface area contributed by atoms with Crippen LogP contribution in [-0.2, 0) is 6.42 Å². The van der Waals surface area contributed by atoms with Crippen molar-refractivity contribution >= 4 is 5.69 Å². The summed E-state index contributed by atoms with van der Waals surface area (Å²) in [7, 11) is 2.00. The Morgan fingerprint density at radius 3 is 3.08 bits per heavy atom. The molecule has 13 heavy (non-hydrogen) atoms. The van der Waals surface area contributed by atoms with E-state index in [1.54, 1.807) is 0 Å². The number of para-hydroxylation sites is 1. The summed E-state index contributed by atoms with van der Waals surface area (Å²) in [5.74, 6) is 0. The fourth-order valence-corrected chi connectivity index (χ4v) is 2.00. The first kappa shape index (κ1) is 8.57. The van der Waals surface area contributed by atoms with Crippen LogP contribution in [0.4, 0.5) is 5.69 Å². The Balaban J connectivity index is 2.20.